The van der Waals surface area contributed by atoms with Gasteiger partial charge in [-0.3, -0.25) is 9.78 Å². The number of fused-ring (bicyclic) bond motifs is 1. The summed E-state index contributed by atoms with van der Waals surface area (Å²) in [6, 6.07) is 2.38. The highest BCUT2D eigenvalue weighted by atomic mass is 16.2. The van der Waals surface area contributed by atoms with Crippen LogP contribution in [0.2, 0.25) is 0 Å². The molecule has 0 spiro atoms. The topological polar surface area (TPSA) is 74.3 Å². The predicted molar refractivity (Wildman–Crippen MR) is 67.3 cm³/mol. The van der Waals surface area contributed by atoms with Gasteiger partial charge < -0.3 is 4.90 Å². The van der Waals surface area contributed by atoms with Crippen LogP contribution in [0.5, 0.6) is 0 Å². The number of hydrogen-bond acceptors (Lipinski definition) is 4. The Morgan fingerprint density at radius 3 is 3.11 bits per heavy atom. The van der Waals surface area contributed by atoms with Crippen LogP contribution in [0.4, 0.5) is 0 Å². The molecule has 1 saturated carbocycles. The van der Waals surface area contributed by atoms with Gasteiger partial charge in [0.2, 0.25) is 0 Å². The number of carbonyl (C=O) groups is 1. The van der Waals surface area contributed by atoms with Crippen molar-refractivity contribution in [2.75, 3.05) is 6.54 Å². The van der Waals surface area contributed by atoms with Crippen LogP contribution in [0.15, 0.2) is 24.8 Å². The maximum atomic E-state index is 12.5. The first-order valence-electron chi connectivity index (χ1n) is 6.26. The van der Waals surface area contributed by atoms with E-state index in [9.17, 15) is 4.79 Å². The first-order chi connectivity index (χ1) is 9.31. The lowest BCUT2D eigenvalue weighted by molar-refractivity contribution is 0.0749. The molecule has 19 heavy (non-hydrogen) atoms. The summed E-state index contributed by atoms with van der Waals surface area (Å²) in [6.45, 7) is 0.484. The first-order valence-corrected chi connectivity index (χ1v) is 6.26. The highest BCUT2D eigenvalue weighted by Crippen LogP contribution is 2.29. The third-order valence-electron chi connectivity index (χ3n) is 3.27. The zero-order valence-corrected chi connectivity index (χ0v) is 10.4. The lowest BCUT2D eigenvalue weighted by Gasteiger charge is -2.20. The zero-order valence-electron chi connectivity index (χ0n) is 10.4. The van der Waals surface area contributed by atoms with E-state index < -0.39 is 0 Å². The van der Waals surface area contributed by atoms with Crippen LogP contribution in [0.25, 0.3) is 5.52 Å². The van der Waals surface area contributed by atoms with E-state index in [-0.39, 0.29) is 11.9 Å². The van der Waals surface area contributed by atoms with E-state index in [1.165, 1.54) is 0 Å². The average molecular weight is 255 g/mol. The van der Waals surface area contributed by atoms with E-state index in [1.54, 1.807) is 34.2 Å². The van der Waals surface area contributed by atoms with Gasteiger partial charge in [0, 0.05) is 25.0 Å². The largest absolute Gasteiger partial charge is 0.335 e. The molecular weight excluding hydrogens is 242 g/mol. The summed E-state index contributed by atoms with van der Waals surface area (Å²) in [6.07, 6.45) is 8.95. The summed E-state index contributed by atoms with van der Waals surface area (Å²) < 4.78 is 1.63. The number of nitrogens with zero attached hydrogens (tertiary/aromatic N) is 5. The minimum atomic E-state index is -0.0549. The normalized spacial score (nSPS) is 14.3. The molecule has 0 N–H and O–H groups in total. The molecule has 1 aliphatic carbocycles. The fourth-order valence-corrected chi connectivity index (χ4v) is 2.16. The second-order valence-corrected chi connectivity index (χ2v) is 4.60. The minimum absolute atomic E-state index is 0.0549. The molecule has 1 aliphatic rings. The van der Waals surface area contributed by atoms with Crippen molar-refractivity contribution >= 4 is 11.4 Å². The second kappa shape index (κ2) is 4.69. The van der Waals surface area contributed by atoms with Crippen LogP contribution in [-0.4, -0.2) is 38.0 Å². The molecule has 2 aromatic rings. The number of rotatable bonds is 4. The zero-order chi connectivity index (χ0) is 13.2. The van der Waals surface area contributed by atoms with Crippen LogP contribution in [0, 0.1) is 11.3 Å². The van der Waals surface area contributed by atoms with Crippen LogP contribution in [0.3, 0.4) is 0 Å². The standard InChI is InChI=1S/C13H13N5O/c14-4-1-6-17(10-2-3-10)13(19)11-8-16-18-7-5-15-9-12(11)18/h5,7-10H,1-3,6H2. The smallest absolute Gasteiger partial charge is 0.258 e. The lowest BCUT2D eigenvalue weighted by Crippen LogP contribution is -2.33. The van der Waals surface area contributed by atoms with Crippen molar-refractivity contribution in [1.82, 2.24) is 19.5 Å². The number of nitriles is 1. The molecule has 0 radical (unpaired) electrons. The van der Waals surface area contributed by atoms with Gasteiger partial charge in [-0.05, 0) is 12.8 Å². The van der Waals surface area contributed by atoms with E-state index in [0.717, 1.165) is 12.8 Å². The quantitative estimate of drug-likeness (QED) is 0.824. The number of hydrogen-bond donors (Lipinski definition) is 0. The monoisotopic (exact) mass is 255 g/mol. The molecule has 2 heterocycles. The fraction of sp³-hybridized carbons (Fsp3) is 0.385. The van der Waals surface area contributed by atoms with Crippen LogP contribution in [-0.2, 0) is 0 Å². The Morgan fingerprint density at radius 2 is 2.37 bits per heavy atom. The second-order valence-electron chi connectivity index (χ2n) is 4.60. The van der Waals surface area contributed by atoms with Crippen molar-refractivity contribution in [1.29, 1.82) is 5.26 Å². The third-order valence-corrected chi connectivity index (χ3v) is 3.27. The summed E-state index contributed by atoms with van der Waals surface area (Å²) in [5.74, 6) is -0.0549. The maximum Gasteiger partial charge on any atom is 0.258 e. The number of amides is 1. The summed E-state index contributed by atoms with van der Waals surface area (Å²) >= 11 is 0. The Morgan fingerprint density at radius 1 is 1.53 bits per heavy atom. The van der Waals surface area contributed by atoms with Gasteiger partial charge in [0.25, 0.3) is 5.91 Å². The molecule has 0 saturated heterocycles. The molecule has 0 aromatic carbocycles. The van der Waals surface area contributed by atoms with Gasteiger partial charge in [0.05, 0.1) is 36.0 Å². The summed E-state index contributed by atoms with van der Waals surface area (Å²) in [5, 5.41) is 12.8. The Bertz CT molecular complexity index is 652. The molecule has 2 aromatic heterocycles. The Kier molecular flexibility index (Phi) is 2.88. The summed E-state index contributed by atoms with van der Waals surface area (Å²) in [7, 11) is 0. The molecule has 6 nitrogen and oxygen atoms in total. The van der Waals surface area contributed by atoms with Gasteiger partial charge in [-0.15, -0.1) is 0 Å². The Labute approximate surface area is 110 Å². The van der Waals surface area contributed by atoms with E-state index in [1.807, 2.05) is 0 Å². The molecule has 0 unspecified atom stereocenters. The molecular formula is C13H13N5O. The lowest BCUT2D eigenvalue weighted by atomic mass is 10.2. The van der Waals surface area contributed by atoms with E-state index in [2.05, 4.69) is 16.2 Å². The van der Waals surface area contributed by atoms with Gasteiger partial charge in [0.15, 0.2) is 0 Å². The third kappa shape index (κ3) is 2.15. The van der Waals surface area contributed by atoms with E-state index in [4.69, 9.17) is 5.26 Å². The average Bonchev–Trinajstić information content (AvgIpc) is 3.18. The fourth-order valence-electron chi connectivity index (χ4n) is 2.16. The molecule has 3 rings (SSSR count). The van der Waals surface area contributed by atoms with E-state index >= 15 is 0 Å². The van der Waals surface area contributed by atoms with Gasteiger partial charge >= 0.3 is 0 Å². The first kappa shape index (κ1) is 11.7. The van der Waals surface area contributed by atoms with Crippen molar-refractivity contribution in [2.45, 2.75) is 25.3 Å². The van der Waals surface area contributed by atoms with E-state index in [0.29, 0.717) is 24.0 Å². The van der Waals surface area contributed by atoms with Crippen molar-refractivity contribution in [2.24, 2.45) is 0 Å². The van der Waals surface area contributed by atoms with Crippen LogP contribution < -0.4 is 0 Å². The van der Waals surface area contributed by atoms with Gasteiger partial charge in [-0.25, -0.2) is 4.52 Å². The van der Waals surface area contributed by atoms with Crippen LogP contribution >= 0.6 is 0 Å². The summed E-state index contributed by atoms with van der Waals surface area (Å²) in [5.41, 5.74) is 1.26. The molecule has 96 valence electrons. The Balaban J connectivity index is 1.91. The molecule has 0 aliphatic heterocycles. The maximum absolute atomic E-state index is 12.5. The number of aromatic nitrogens is 3. The highest BCUT2D eigenvalue weighted by molar-refractivity contribution is 6.00. The predicted octanol–water partition coefficient (Wildman–Crippen LogP) is 1.25. The van der Waals surface area contributed by atoms with Gasteiger partial charge in [-0.1, -0.05) is 0 Å². The number of carbonyl (C=O) groups excluding carboxylic acids is 1. The molecule has 1 fully saturated rings. The molecule has 0 atom stereocenters. The molecule has 6 heteroatoms. The minimum Gasteiger partial charge on any atom is -0.335 e. The highest BCUT2D eigenvalue weighted by Gasteiger charge is 2.33. The van der Waals surface area contributed by atoms with Gasteiger partial charge in [0.1, 0.15) is 0 Å². The van der Waals surface area contributed by atoms with Gasteiger partial charge in [-0.2, -0.15) is 10.4 Å². The molecule has 0 bridgehead atoms. The SMILES string of the molecule is N#CCCN(C(=O)c1cnn2ccncc12)C1CC1. The Hall–Kier alpha value is -2.42. The van der Waals surface area contributed by atoms with Crippen molar-refractivity contribution < 1.29 is 4.79 Å². The summed E-state index contributed by atoms with van der Waals surface area (Å²) in [4.78, 5) is 18.4. The van der Waals surface area contributed by atoms with Crippen LogP contribution in [0.1, 0.15) is 29.6 Å². The van der Waals surface area contributed by atoms with Crippen molar-refractivity contribution in [3.8, 4) is 6.07 Å². The molecule has 1 amide bonds. The van der Waals surface area contributed by atoms with Crippen molar-refractivity contribution in [3.63, 3.8) is 0 Å². The van der Waals surface area contributed by atoms with Crippen molar-refractivity contribution in [3.05, 3.63) is 30.4 Å².